The molecule has 98 valence electrons. The van der Waals surface area contributed by atoms with Crippen molar-refractivity contribution in [2.45, 2.75) is 12.6 Å². The lowest BCUT2D eigenvalue weighted by Crippen LogP contribution is -2.07. The second kappa shape index (κ2) is 5.22. The van der Waals surface area contributed by atoms with E-state index in [0.29, 0.717) is 11.3 Å². The molecule has 0 N–H and O–H groups in total. The summed E-state index contributed by atoms with van der Waals surface area (Å²) in [5.41, 5.74) is 0.118. The van der Waals surface area contributed by atoms with Crippen LogP contribution in [0.3, 0.4) is 0 Å². The lowest BCUT2D eigenvalue weighted by Gasteiger charge is -2.07. The van der Waals surface area contributed by atoms with Gasteiger partial charge in [-0.25, -0.2) is 0 Å². The Morgan fingerprint density at radius 1 is 1.05 bits per heavy atom. The minimum Gasteiger partial charge on any atom is -0.292 e. The monoisotopic (exact) mass is 265 g/mol. The number of hydrogen-bond acceptors (Lipinski definition) is 2. The summed E-state index contributed by atoms with van der Waals surface area (Å²) in [5, 5.41) is 0. The molecule has 2 nitrogen and oxygen atoms in total. The number of pyridine rings is 1. The van der Waals surface area contributed by atoms with Gasteiger partial charge >= 0.3 is 6.18 Å². The zero-order valence-electron chi connectivity index (χ0n) is 9.82. The molecule has 0 bridgehead atoms. The largest absolute Gasteiger partial charge is 0.416 e. The van der Waals surface area contributed by atoms with Gasteiger partial charge in [0, 0.05) is 12.6 Å². The Balaban J connectivity index is 2.10. The predicted octanol–water partition coefficient (Wildman–Crippen LogP) is 3.53. The number of benzene rings is 1. The molecule has 0 unspecified atom stereocenters. The van der Waals surface area contributed by atoms with Crippen LogP contribution < -0.4 is 0 Å². The molecule has 0 aliphatic carbocycles. The van der Waals surface area contributed by atoms with Gasteiger partial charge < -0.3 is 0 Å². The second-order valence-electron chi connectivity index (χ2n) is 4.01. The number of carbonyl (C=O) groups excluding carboxylic acids is 1. The second-order valence-corrected chi connectivity index (χ2v) is 4.01. The van der Waals surface area contributed by atoms with Crippen LogP contribution in [0, 0.1) is 0 Å². The van der Waals surface area contributed by atoms with Crippen LogP contribution in [-0.4, -0.2) is 10.8 Å². The molecule has 0 radical (unpaired) electrons. The van der Waals surface area contributed by atoms with E-state index in [1.807, 2.05) is 0 Å². The first-order valence-electron chi connectivity index (χ1n) is 5.57. The van der Waals surface area contributed by atoms with Crippen molar-refractivity contribution >= 4 is 5.78 Å². The van der Waals surface area contributed by atoms with Crippen molar-refractivity contribution in [1.29, 1.82) is 0 Å². The van der Waals surface area contributed by atoms with Gasteiger partial charge in [0.05, 0.1) is 5.56 Å². The fraction of sp³-hybridized carbons (Fsp3) is 0.143. The van der Waals surface area contributed by atoms with Crippen molar-refractivity contribution in [1.82, 2.24) is 4.98 Å². The number of nitrogens with zero attached hydrogens (tertiary/aromatic N) is 1. The van der Waals surface area contributed by atoms with Crippen molar-refractivity contribution in [3.8, 4) is 0 Å². The third kappa shape index (κ3) is 3.40. The molecule has 0 spiro atoms. The molecule has 2 aromatic rings. The van der Waals surface area contributed by atoms with Crippen molar-refractivity contribution in [3.05, 3.63) is 65.5 Å². The molecule has 2 rings (SSSR count). The Morgan fingerprint density at radius 3 is 2.26 bits per heavy atom. The van der Waals surface area contributed by atoms with Gasteiger partial charge in [0.25, 0.3) is 0 Å². The van der Waals surface area contributed by atoms with Gasteiger partial charge in [0.15, 0.2) is 5.78 Å². The van der Waals surface area contributed by atoms with Crippen molar-refractivity contribution in [2.75, 3.05) is 0 Å². The standard InChI is InChI=1S/C14H10F3NO/c15-14(16,17)11-6-4-10(5-7-11)9-13(19)12-3-1-2-8-18-12/h1-8H,9H2. The van der Waals surface area contributed by atoms with Gasteiger partial charge in [-0.15, -0.1) is 0 Å². The zero-order chi connectivity index (χ0) is 13.9. The van der Waals surface area contributed by atoms with E-state index >= 15 is 0 Å². The van der Waals surface area contributed by atoms with Gasteiger partial charge in [-0.1, -0.05) is 18.2 Å². The molecule has 0 fully saturated rings. The van der Waals surface area contributed by atoms with E-state index in [4.69, 9.17) is 0 Å². The molecule has 0 atom stereocenters. The first kappa shape index (κ1) is 13.3. The number of halogens is 3. The van der Waals surface area contributed by atoms with E-state index < -0.39 is 11.7 Å². The number of ketones is 1. The van der Waals surface area contributed by atoms with Gasteiger partial charge in [-0.2, -0.15) is 13.2 Å². The quantitative estimate of drug-likeness (QED) is 0.795. The molecular formula is C14H10F3NO. The Bertz CT molecular complexity index is 561. The summed E-state index contributed by atoms with van der Waals surface area (Å²) in [5.74, 6) is -0.222. The summed E-state index contributed by atoms with van der Waals surface area (Å²) >= 11 is 0. The highest BCUT2D eigenvalue weighted by molar-refractivity contribution is 5.95. The maximum absolute atomic E-state index is 12.4. The molecule has 0 aliphatic heterocycles. The fourth-order valence-electron chi connectivity index (χ4n) is 1.62. The minimum absolute atomic E-state index is 0.0369. The van der Waals surface area contributed by atoms with Crippen LogP contribution >= 0.6 is 0 Å². The molecule has 0 saturated carbocycles. The van der Waals surface area contributed by atoms with Gasteiger partial charge in [-0.05, 0) is 29.8 Å². The average molecular weight is 265 g/mol. The van der Waals surface area contributed by atoms with E-state index in [1.165, 1.54) is 18.3 Å². The maximum atomic E-state index is 12.4. The lowest BCUT2D eigenvalue weighted by molar-refractivity contribution is -0.137. The summed E-state index contributed by atoms with van der Waals surface area (Å²) < 4.78 is 37.1. The van der Waals surface area contributed by atoms with Crippen LogP contribution in [-0.2, 0) is 12.6 Å². The fourth-order valence-corrected chi connectivity index (χ4v) is 1.62. The Hall–Kier alpha value is -2.17. The average Bonchev–Trinajstić information content (AvgIpc) is 2.39. The van der Waals surface area contributed by atoms with Crippen LogP contribution in [0.25, 0.3) is 0 Å². The van der Waals surface area contributed by atoms with Crippen LogP contribution in [0.4, 0.5) is 13.2 Å². The number of aromatic nitrogens is 1. The summed E-state index contributed by atoms with van der Waals surface area (Å²) in [4.78, 5) is 15.7. The van der Waals surface area contributed by atoms with Crippen LogP contribution in [0.15, 0.2) is 48.7 Å². The molecular weight excluding hydrogens is 255 g/mol. The molecule has 1 aromatic heterocycles. The zero-order valence-corrected chi connectivity index (χ0v) is 9.82. The van der Waals surface area contributed by atoms with E-state index in [9.17, 15) is 18.0 Å². The summed E-state index contributed by atoms with van der Waals surface area (Å²) in [6, 6.07) is 9.52. The van der Waals surface area contributed by atoms with Crippen LogP contribution in [0.5, 0.6) is 0 Å². The van der Waals surface area contributed by atoms with Crippen LogP contribution in [0.1, 0.15) is 21.6 Å². The highest BCUT2D eigenvalue weighted by Gasteiger charge is 2.29. The summed E-state index contributed by atoms with van der Waals surface area (Å²) in [6.45, 7) is 0. The van der Waals surface area contributed by atoms with Crippen molar-refractivity contribution < 1.29 is 18.0 Å². The molecule has 5 heteroatoms. The summed E-state index contributed by atoms with van der Waals surface area (Å²) in [6.07, 6.45) is -2.82. The van der Waals surface area contributed by atoms with Crippen LogP contribution in [0.2, 0.25) is 0 Å². The molecule has 1 aromatic carbocycles. The van der Waals surface area contributed by atoms with Gasteiger partial charge in [-0.3, -0.25) is 9.78 Å². The van der Waals surface area contributed by atoms with E-state index in [2.05, 4.69) is 4.98 Å². The number of alkyl halides is 3. The predicted molar refractivity (Wildman–Crippen MR) is 63.7 cm³/mol. The van der Waals surface area contributed by atoms with E-state index in [-0.39, 0.29) is 12.2 Å². The van der Waals surface area contributed by atoms with Crippen molar-refractivity contribution in [3.63, 3.8) is 0 Å². The number of Topliss-reactive ketones (excluding diaryl/α,β-unsaturated/α-hetero) is 1. The van der Waals surface area contributed by atoms with Crippen molar-refractivity contribution in [2.24, 2.45) is 0 Å². The maximum Gasteiger partial charge on any atom is 0.416 e. The summed E-state index contributed by atoms with van der Waals surface area (Å²) in [7, 11) is 0. The molecule has 19 heavy (non-hydrogen) atoms. The molecule has 1 heterocycles. The number of rotatable bonds is 3. The first-order chi connectivity index (χ1) is 8.97. The first-order valence-corrected chi connectivity index (χ1v) is 5.57. The Morgan fingerprint density at radius 2 is 1.74 bits per heavy atom. The highest BCUT2D eigenvalue weighted by Crippen LogP contribution is 2.29. The Kier molecular flexibility index (Phi) is 3.64. The number of carbonyl (C=O) groups is 1. The molecule has 0 amide bonds. The van der Waals surface area contributed by atoms with E-state index in [0.717, 1.165) is 12.1 Å². The third-order valence-electron chi connectivity index (χ3n) is 2.60. The molecule has 0 saturated heterocycles. The SMILES string of the molecule is O=C(Cc1ccc(C(F)(F)F)cc1)c1ccccn1. The smallest absolute Gasteiger partial charge is 0.292 e. The highest BCUT2D eigenvalue weighted by atomic mass is 19.4. The lowest BCUT2D eigenvalue weighted by atomic mass is 10.0. The number of hydrogen-bond donors (Lipinski definition) is 0. The Labute approximate surface area is 107 Å². The molecule has 0 aliphatic rings. The van der Waals surface area contributed by atoms with E-state index in [1.54, 1.807) is 18.2 Å². The van der Waals surface area contributed by atoms with Gasteiger partial charge in [0.1, 0.15) is 5.69 Å². The normalized spacial score (nSPS) is 11.3. The topological polar surface area (TPSA) is 30.0 Å². The minimum atomic E-state index is -4.36. The van der Waals surface area contributed by atoms with Gasteiger partial charge in [0.2, 0.25) is 0 Å². The third-order valence-corrected chi connectivity index (χ3v) is 2.60.